The van der Waals surface area contributed by atoms with Crippen LogP contribution in [0.4, 0.5) is 16.5 Å². The number of nitrogens with two attached hydrogens (primary N) is 1. The molecule has 1 amide bonds. The van der Waals surface area contributed by atoms with Crippen LogP contribution in [0, 0.1) is 17.0 Å². The highest BCUT2D eigenvalue weighted by Crippen LogP contribution is 2.25. The predicted octanol–water partition coefficient (Wildman–Crippen LogP) is 2.46. The molecule has 0 fully saturated rings. The lowest BCUT2D eigenvalue weighted by Crippen LogP contribution is -2.13. The quantitative estimate of drug-likeness (QED) is 0.470. The summed E-state index contributed by atoms with van der Waals surface area (Å²) >= 11 is 2.65. The maximum atomic E-state index is 11.9. The van der Waals surface area contributed by atoms with Gasteiger partial charge in [-0.1, -0.05) is 29.2 Å². The zero-order valence-corrected chi connectivity index (χ0v) is 13.2. The maximum absolute atomic E-state index is 11.9. The molecule has 0 aliphatic rings. The second-order valence-electron chi connectivity index (χ2n) is 4.31. The second-order valence-corrected chi connectivity index (χ2v) is 6.66. The first-order valence-electron chi connectivity index (χ1n) is 6.22. The molecule has 1 aromatic heterocycles. The Balaban J connectivity index is 1.89. The summed E-state index contributed by atoms with van der Waals surface area (Å²) in [6.07, 6.45) is 0.256. The monoisotopic (exact) mass is 339 g/mol. The molecule has 10 heteroatoms. The van der Waals surface area contributed by atoms with Gasteiger partial charge in [0.2, 0.25) is 11.0 Å². The number of aromatic nitrogens is 2. The van der Waals surface area contributed by atoms with Crippen molar-refractivity contribution in [2.24, 2.45) is 0 Å². The van der Waals surface area contributed by atoms with Crippen molar-refractivity contribution in [3.05, 3.63) is 33.9 Å². The standard InChI is InChI=1S/C12H13N5O3S2/c1-7-2-3-8(17(19)20)6-9(7)14-10(18)4-5-21-12-16-15-11(13)22-12/h2-3,6H,4-5H2,1H3,(H2,13,15)(H,14,18). The first-order valence-corrected chi connectivity index (χ1v) is 8.02. The molecular weight excluding hydrogens is 326 g/mol. The van der Waals surface area contributed by atoms with Gasteiger partial charge in [0.15, 0.2) is 4.34 Å². The minimum atomic E-state index is -0.495. The number of carbonyl (C=O) groups excluding carboxylic acids is 1. The minimum Gasteiger partial charge on any atom is -0.374 e. The van der Waals surface area contributed by atoms with Gasteiger partial charge in [0.05, 0.1) is 10.6 Å². The average Bonchev–Trinajstić information content (AvgIpc) is 2.86. The summed E-state index contributed by atoms with van der Waals surface area (Å²) in [7, 11) is 0. The summed E-state index contributed by atoms with van der Waals surface area (Å²) in [6.45, 7) is 1.78. The number of benzene rings is 1. The lowest BCUT2D eigenvalue weighted by molar-refractivity contribution is -0.384. The van der Waals surface area contributed by atoms with E-state index in [4.69, 9.17) is 5.73 Å². The number of nitro groups is 1. The van der Waals surface area contributed by atoms with Gasteiger partial charge in [0, 0.05) is 24.3 Å². The average molecular weight is 339 g/mol. The number of aryl methyl sites for hydroxylation is 1. The van der Waals surface area contributed by atoms with Gasteiger partial charge in [-0.15, -0.1) is 10.2 Å². The van der Waals surface area contributed by atoms with Crippen LogP contribution in [-0.2, 0) is 4.79 Å². The molecule has 0 aliphatic heterocycles. The zero-order chi connectivity index (χ0) is 16.1. The number of thioether (sulfide) groups is 1. The molecule has 1 heterocycles. The first-order chi connectivity index (χ1) is 10.5. The Labute approximate surface area is 134 Å². The third kappa shape index (κ3) is 4.40. The Kier molecular flexibility index (Phi) is 5.28. The number of carbonyl (C=O) groups is 1. The molecule has 0 aliphatic carbocycles. The number of anilines is 2. The van der Waals surface area contributed by atoms with Gasteiger partial charge < -0.3 is 11.1 Å². The van der Waals surface area contributed by atoms with E-state index < -0.39 is 4.92 Å². The molecule has 0 unspecified atom stereocenters. The van der Waals surface area contributed by atoms with Crippen LogP contribution in [0.1, 0.15) is 12.0 Å². The highest BCUT2D eigenvalue weighted by atomic mass is 32.2. The van der Waals surface area contributed by atoms with E-state index in [0.29, 0.717) is 20.9 Å². The summed E-state index contributed by atoms with van der Waals surface area (Å²) in [5.41, 5.74) is 6.62. The van der Waals surface area contributed by atoms with E-state index in [2.05, 4.69) is 15.5 Å². The largest absolute Gasteiger partial charge is 0.374 e. The van der Waals surface area contributed by atoms with Crippen molar-refractivity contribution in [2.45, 2.75) is 17.7 Å². The molecule has 0 bridgehead atoms. The van der Waals surface area contributed by atoms with Crippen molar-refractivity contribution in [1.29, 1.82) is 0 Å². The van der Waals surface area contributed by atoms with Gasteiger partial charge >= 0.3 is 0 Å². The van der Waals surface area contributed by atoms with E-state index in [-0.39, 0.29) is 18.0 Å². The van der Waals surface area contributed by atoms with E-state index in [1.165, 1.54) is 35.2 Å². The third-order valence-electron chi connectivity index (χ3n) is 2.68. The number of hydrogen-bond donors (Lipinski definition) is 2. The number of nitrogens with one attached hydrogen (secondary N) is 1. The highest BCUT2D eigenvalue weighted by molar-refractivity contribution is 8.01. The molecule has 2 rings (SSSR count). The van der Waals surface area contributed by atoms with Crippen molar-refractivity contribution in [3.8, 4) is 0 Å². The van der Waals surface area contributed by atoms with Crippen LogP contribution < -0.4 is 11.1 Å². The van der Waals surface area contributed by atoms with Gasteiger partial charge in [-0.05, 0) is 12.5 Å². The molecule has 3 N–H and O–H groups in total. The Morgan fingerprint density at radius 3 is 2.91 bits per heavy atom. The summed E-state index contributed by atoms with van der Waals surface area (Å²) < 4.78 is 0.705. The number of non-ortho nitro benzene ring substituents is 1. The Hall–Kier alpha value is -2.20. The molecule has 0 atom stereocenters. The zero-order valence-electron chi connectivity index (χ0n) is 11.6. The number of nitrogens with zero attached hydrogens (tertiary/aromatic N) is 3. The van der Waals surface area contributed by atoms with Crippen molar-refractivity contribution >= 4 is 45.5 Å². The van der Waals surface area contributed by atoms with Gasteiger partial charge in [-0.3, -0.25) is 14.9 Å². The molecule has 8 nitrogen and oxygen atoms in total. The molecule has 2 aromatic rings. The lowest BCUT2D eigenvalue weighted by atomic mass is 10.2. The van der Waals surface area contributed by atoms with Gasteiger partial charge in [0.25, 0.3) is 5.69 Å². The number of nitro benzene ring substituents is 1. The van der Waals surface area contributed by atoms with Crippen molar-refractivity contribution in [3.63, 3.8) is 0 Å². The third-order valence-corrected chi connectivity index (χ3v) is 4.57. The summed E-state index contributed by atoms with van der Waals surface area (Å²) in [6, 6.07) is 4.36. The smallest absolute Gasteiger partial charge is 0.271 e. The Morgan fingerprint density at radius 2 is 2.27 bits per heavy atom. The topological polar surface area (TPSA) is 124 Å². The fraction of sp³-hybridized carbons (Fsp3) is 0.250. The van der Waals surface area contributed by atoms with Crippen LogP contribution in [0.3, 0.4) is 0 Å². The van der Waals surface area contributed by atoms with E-state index in [9.17, 15) is 14.9 Å². The fourth-order valence-corrected chi connectivity index (χ4v) is 3.23. The van der Waals surface area contributed by atoms with Gasteiger partial charge in [-0.2, -0.15) is 0 Å². The van der Waals surface area contributed by atoms with Crippen LogP contribution in [0.2, 0.25) is 0 Å². The molecule has 0 saturated carbocycles. The first kappa shape index (κ1) is 16.2. The number of nitrogen functional groups attached to an aromatic ring is 1. The maximum Gasteiger partial charge on any atom is 0.271 e. The van der Waals surface area contributed by atoms with Crippen molar-refractivity contribution in [1.82, 2.24) is 10.2 Å². The summed E-state index contributed by atoms with van der Waals surface area (Å²) in [5, 5.41) is 21.3. The highest BCUT2D eigenvalue weighted by Gasteiger charge is 2.11. The van der Waals surface area contributed by atoms with E-state index in [0.717, 1.165) is 5.56 Å². The van der Waals surface area contributed by atoms with E-state index >= 15 is 0 Å². The number of hydrogen-bond acceptors (Lipinski definition) is 8. The fourth-order valence-electron chi connectivity index (χ4n) is 1.58. The van der Waals surface area contributed by atoms with Crippen LogP contribution in [0.25, 0.3) is 0 Å². The molecule has 116 valence electrons. The lowest BCUT2D eigenvalue weighted by Gasteiger charge is -2.07. The van der Waals surface area contributed by atoms with Gasteiger partial charge in [-0.25, -0.2) is 0 Å². The Bertz CT molecular complexity index is 704. The predicted molar refractivity (Wildman–Crippen MR) is 86.1 cm³/mol. The molecule has 0 saturated heterocycles. The summed E-state index contributed by atoms with van der Waals surface area (Å²) in [5.74, 6) is 0.308. The molecule has 1 aromatic carbocycles. The van der Waals surface area contributed by atoms with Crippen molar-refractivity contribution in [2.75, 3.05) is 16.8 Å². The molecular formula is C12H13N5O3S2. The summed E-state index contributed by atoms with van der Waals surface area (Å²) in [4.78, 5) is 22.1. The van der Waals surface area contributed by atoms with Crippen LogP contribution >= 0.6 is 23.1 Å². The van der Waals surface area contributed by atoms with E-state index in [1.54, 1.807) is 13.0 Å². The SMILES string of the molecule is Cc1ccc([N+](=O)[O-])cc1NC(=O)CCSc1nnc(N)s1. The molecule has 0 spiro atoms. The molecule has 22 heavy (non-hydrogen) atoms. The van der Waals surface area contributed by atoms with Crippen LogP contribution in [-0.4, -0.2) is 26.8 Å². The van der Waals surface area contributed by atoms with Crippen LogP contribution in [0.5, 0.6) is 0 Å². The number of rotatable bonds is 6. The second kappa shape index (κ2) is 7.18. The van der Waals surface area contributed by atoms with Gasteiger partial charge in [0.1, 0.15) is 0 Å². The normalized spacial score (nSPS) is 10.4. The van der Waals surface area contributed by atoms with Crippen molar-refractivity contribution < 1.29 is 9.72 Å². The Morgan fingerprint density at radius 1 is 1.50 bits per heavy atom. The van der Waals surface area contributed by atoms with E-state index in [1.807, 2.05) is 0 Å². The minimum absolute atomic E-state index is 0.0559. The number of amides is 1. The molecule has 0 radical (unpaired) electrons. The van der Waals surface area contributed by atoms with Crippen LogP contribution in [0.15, 0.2) is 22.5 Å².